The van der Waals surface area contributed by atoms with Gasteiger partial charge in [-0.25, -0.2) is 4.79 Å². The van der Waals surface area contributed by atoms with Crippen molar-refractivity contribution in [2.75, 3.05) is 31.1 Å². The molecule has 2 aliphatic heterocycles. The van der Waals surface area contributed by atoms with Crippen molar-refractivity contribution in [1.29, 1.82) is 0 Å². The van der Waals surface area contributed by atoms with Crippen molar-refractivity contribution in [2.45, 2.75) is 19.8 Å². The second kappa shape index (κ2) is 8.36. The lowest BCUT2D eigenvalue weighted by atomic mass is 10.3. The molecule has 1 N–H and O–H groups in total. The zero-order chi connectivity index (χ0) is 21.1. The highest BCUT2D eigenvalue weighted by molar-refractivity contribution is 6.31. The summed E-state index contributed by atoms with van der Waals surface area (Å²) in [7, 11) is 0. The van der Waals surface area contributed by atoms with E-state index in [0.29, 0.717) is 25.5 Å². The molecule has 156 valence electrons. The molecule has 0 radical (unpaired) electrons. The summed E-state index contributed by atoms with van der Waals surface area (Å²) in [5, 5.41) is 7.03. The summed E-state index contributed by atoms with van der Waals surface area (Å²) in [6, 6.07) is 10.9. The summed E-state index contributed by atoms with van der Waals surface area (Å²) in [4.78, 5) is 40.5. The van der Waals surface area contributed by atoms with Crippen LogP contribution in [-0.4, -0.2) is 59.8 Å². The van der Waals surface area contributed by atoms with Crippen LogP contribution >= 0.6 is 0 Å². The maximum Gasteiger partial charge on any atom is 0.502 e. The van der Waals surface area contributed by atoms with Crippen LogP contribution in [0.5, 0.6) is 5.75 Å². The van der Waals surface area contributed by atoms with Gasteiger partial charge in [0.25, 0.3) is 18.7 Å². The molecule has 30 heavy (non-hydrogen) atoms. The Morgan fingerprint density at radius 1 is 1.23 bits per heavy atom. The number of fused-ring (bicyclic) bond motifs is 1. The fraction of sp³-hybridized carbons (Fsp3) is 0.350. The van der Waals surface area contributed by atoms with Gasteiger partial charge in [0.15, 0.2) is 0 Å². The lowest BCUT2D eigenvalue weighted by Gasteiger charge is -2.27. The van der Waals surface area contributed by atoms with Gasteiger partial charge in [0.1, 0.15) is 11.5 Å². The molecule has 1 atom stereocenters. The van der Waals surface area contributed by atoms with Crippen LogP contribution in [0.15, 0.2) is 52.2 Å². The Bertz CT molecular complexity index is 970. The highest BCUT2D eigenvalue weighted by atomic mass is 16.5. The van der Waals surface area contributed by atoms with E-state index in [1.165, 1.54) is 11.2 Å². The number of furan rings is 1. The summed E-state index contributed by atoms with van der Waals surface area (Å²) in [5.41, 5.74) is 0.846. The largest absolute Gasteiger partial charge is 0.502 e. The third-order valence-electron chi connectivity index (χ3n) is 4.87. The molecule has 2 aliphatic rings. The minimum absolute atomic E-state index is 0.190. The summed E-state index contributed by atoms with van der Waals surface area (Å²) in [5.74, 6) is -0.574. The fourth-order valence-electron chi connectivity index (χ4n) is 3.42. The zero-order valence-corrected chi connectivity index (χ0v) is 16.5. The molecule has 4 rings (SSSR count). The Labute approximate surface area is 172 Å². The summed E-state index contributed by atoms with van der Waals surface area (Å²) in [6.45, 7) is 3.24. The first-order valence-electron chi connectivity index (χ1n) is 9.68. The first kappa shape index (κ1) is 19.6. The molecule has 0 bridgehead atoms. The highest BCUT2D eigenvalue weighted by Crippen LogP contribution is 2.28. The predicted molar refractivity (Wildman–Crippen MR) is 104 cm³/mol. The monoisotopic (exact) mass is 412 g/mol. The van der Waals surface area contributed by atoms with E-state index >= 15 is 0 Å². The third-order valence-corrected chi connectivity index (χ3v) is 4.87. The van der Waals surface area contributed by atoms with E-state index in [0.717, 1.165) is 16.1 Å². The lowest BCUT2D eigenvalue weighted by molar-refractivity contribution is -0.509. The SMILES string of the molecule is CCOc1ccc(N2CCN3C(=O)C(=O)[N+](CC(=O)NCc4ccco4)=NC32)cc1. The van der Waals surface area contributed by atoms with Crippen LogP contribution in [0.4, 0.5) is 5.69 Å². The van der Waals surface area contributed by atoms with Crippen LogP contribution in [0.1, 0.15) is 12.7 Å². The van der Waals surface area contributed by atoms with Crippen molar-refractivity contribution < 1.29 is 28.2 Å². The Kier molecular flexibility index (Phi) is 5.46. The van der Waals surface area contributed by atoms with Gasteiger partial charge in [0.2, 0.25) is 0 Å². The average Bonchev–Trinajstić information content (AvgIpc) is 3.41. The van der Waals surface area contributed by atoms with E-state index < -0.39 is 24.0 Å². The molecule has 2 aromatic rings. The van der Waals surface area contributed by atoms with Crippen LogP contribution in [-0.2, 0) is 20.9 Å². The number of azo groups is 2. The van der Waals surface area contributed by atoms with Gasteiger partial charge >= 0.3 is 11.8 Å². The molecule has 1 fully saturated rings. The second-order valence-corrected chi connectivity index (χ2v) is 6.80. The molecule has 10 heteroatoms. The van der Waals surface area contributed by atoms with Gasteiger partial charge in [-0.2, -0.15) is 0 Å². The van der Waals surface area contributed by atoms with Crippen molar-refractivity contribution in [3.8, 4) is 5.75 Å². The number of benzene rings is 1. The van der Waals surface area contributed by atoms with E-state index in [4.69, 9.17) is 9.15 Å². The maximum atomic E-state index is 12.5. The zero-order valence-electron chi connectivity index (χ0n) is 16.5. The normalized spacial score (nSPS) is 18.3. The van der Waals surface area contributed by atoms with Crippen molar-refractivity contribution in [3.05, 3.63) is 48.4 Å². The molecule has 1 aromatic heterocycles. The Morgan fingerprint density at radius 3 is 2.70 bits per heavy atom. The number of anilines is 1. The molecule has 0 saturated carbocycles. The minimum Gasteiger partial charge on any atom is -0.494 e. The summed E-state index contributed by atoms with van der Waals surface area (Å²) >= 11 is 0. The van der Waals surface area contributed by atoms with Crippen LogP contribution in [0.25, 0.3) is 0 Å². The van der Waals surface area contributed by atoms with Gasteiger partial charge in [0.05, 0.1) is 19.4 Å². The Balaban J connectivity index is 1.49. The van der Waals surface area contributed by atoms with Crippen LogP contribution < -0.4 is 15.0 Å². The van der Waals surface area contributed by atoms with Crippen LogP contribution in [0.2, 0.25) is 0 Å². The third kappa shape index (κ3) is 3.88. The highest BCUT2D eigenvalue weighted by Gasteiger charge is 2.49. The quantitative estimate of drug-likeness (QED) is 0.536. The van der Waals surface area contributed by atoms with E-state index in [1.807, 2.05) is 36.1 Å². The predicted octanol–water partition coefficient (Wildman–Crippen LogP) is 0.932. The molecule has 1 aromatic carbocycles. The van der Waals surface area contributed by atoms with E-state index in [1.54, 1.807) is 12.1 Å². The molecule has 1 unspecified atom stereocenters. The molecular formula is C20H22N5O5+. The smallest absolute Gasteiger partial charge is 0.494 e. The first-order chi connectivity index (χ1) is 14.6. The molecule has 3 heterocycles. The van der Waals surface area contributed by atoms with E-state index in [2.05, 4.69) is 10.4 Å². The van der Waals surface area contributed by atoms with Crippen molar-refractivity contribution >= 4 is 23.4 Å². The number of nitrogens with zero attached hydrogens (tertiary/aromatic N) is 4. The van der Waals surface area contributed by atoms with E-state index in [-0.39, 0.29) is 13.1 Å². The number of carbonyl (C=O) groups excluding carboxylic acids is 3. The Hall–Kier alpha value is -3.69. The number of carbonyl (C=O) groups is 3. The standard InChI is InChI=1S/C20H21N5O5/c1-2-29-15-7-5-14(6-8-15)23-9-10-24-18(27)19(28)25(22-20(23)24)13-17(26)21-12-16-4-3-11-30-16/h3-8,11,20H,2,9-10,12-13H2,1H3/p+1. The topological polar surface area (TPSA) is 107 Å². The van der Waals surface area contributed by atoms with Gasteiger partial charge in [-0.15, -0.1) is 0 Å². The first-order valence-corrected chi connectivity index (χ1v) is 9.68. The van der Waals surface area contributed by atoms with Crippen molar-refractivity contribution in [1.82, 2.24) is 10.2 Å². The van der Waals surface area contributed by atoms with Gasteiger partial charge in [0, 0.05) is 23.9 Å². The number of amides is 3. The number of ether oxygens (including phenoxy) is 1. The second-order valence-electron chi connectivity index (χ2n) is 6.80. The number of hydrogen-bond donors (Lipinski definition) is 1. The lowest BCUT2D eigenvalue weighted by Crippen LogP contribution is -2.53. The summed E-state index contributed by atoms with van der Waals surface area (Å²) in [6.07, 6.45) is 0.833. The Morgan fingerprint density at radius 2 is 2.00 bits per heavy atom. The van der Waals surface area contributed by atoms with Gasteiger partial charge in [-0.1, -0.05) is 0 Å². The molecular weight excluding hydrogens is 390 g/mol. The van der Waals surface area contributed by atoms with Gasteiger partial charge in [-0.3, -0.25) is 14.5 Å². The van der Waals surface area contributed by atoms with Crippen molar-refractivity contribution in [2.24, 2.45) is 5.11 Å². The van der Waals surface area contributed by atoms with Crippen LogP contribution in [0.3, 0.4) is 0 Å². The maximum absolute atomic E-state index is 12.5. The number of hydrogen-bond acceptors (Lipinski definition) is 7. The molecule has 1 saturated heterocycles. The summed E-state index contributed by atoms with van der Waals surface area (Å²) < 4.78 is 11.6. The van der Waals surface area contributed by atoms with Gasteiger partial charge < -0.3 is 19.4 Å². The molecule has 0 spiro atoms. The van der Waals surface area contributed by atoms with Crippen molar-refractivity contribution in [3.63, 3.8) is 0 Å². The average molecular weight is 412 g/mol. The number of rotatable bonds is 7. The molecule has 10 nitrogen and oxygen atoms in total. The van der Waals surface area contributed by atoms with Crippen LogP contribution in [0, 0.1) is 0 Å². The fourth-order valence-corrected chi connectivity index (χ4v) is 3.42. The molecule has 0 aliphatic carbocycles. The minimum atomic E-state index is -0.812. The van der Waals surface area contributed by atoms with Gasteiger partial charge in [-0.05, 0) is 48.0 Å². The van der Waals surface area contributed by atoms with E-state index in [9.17, 15) is 14.4 Å². The number of nitrogens with one attached hydrogen (secondary N) is 1. The molecule has 3 amide bonds.